The van der Waals surface area contributed by atoms with E-state index in [0.29, 0.717) is 0 Å². The second-order valence-corrected chi connectivity index (χ2v) is 5.60. The Hall–Kier alpha value is -3.57. The minimum absolute atomic E-state index is 0.101. The number of hydrogen-bond donors (Lipinski definition) is 2. The van der Waals surface area contributed by atoms with Gasteiger partial charge in [0.25, 0.3) is 0 Å². The van der Waals surface area contributed by atoms with Crippen LogP contribution in [0.15, 0.2) is 53.1 Å². The van der Waals surface area contributed by atoms with Crippen molar-refractivity contribution in [3.63, 3.8) is 0 Å². The summed E-state index contributed by atoms with van der Waals surface area (Å²) in [5.74, 6) is -1.48. The van der Waals surface area contributed by atoms with Gasteiger partial charge < -0.3 is 14.9 Å². The van der Waals surface area contributed by atoms with Gasteiger partial charge in [0.15, 0.2) is 5.76 Å². The molecule has 8 heteroatoms. The van der Waals surface area contributed by atoms with Crippen molar-refractivity contribution in [2.24, 2.45) is 0 Å². The summed E-state index contributed by atoms with van der Waals surface area (Å²) in [5, 5.41) is 24.7. The molecule has 0 aliphatic carbocycles. The summed E-state index contributed by atoms with van der Waals surface area (Å²) in [6.45, 7) is 0. The largest absolute Gasteiger partial charge is 0.478 e. The Morgan fingerprint density at radius 3 is 2.73 bits per heavy atom. The number of carbonyl (C=O) groups is 1. The molecule has 0 atom stereocenters. The lowest BCUT2D eigenvalue weighted by Gasteiger charge is -2.09. The number of rotatable bonds is 4. The Kier molecular flexibility index (Phi) is 4.73. The number of anilines is 1. The number of aromatic nitrogens is 1. The molecule has 0 bridgehead atoms. The number of aromatic carboxylic acids is 1. The summed E-state index contributed by atoms with van der Waals surface area (Å²) in [4.78, 5) is 11.5. The van der Waals surface area contributed by atoms with Gasteiger partial charge in [-0.15, -0.1) is 0 Å². The zero-order valence-corrected chi connectivity index (χ0v) is 13.9. The number of nitrogens with one attached hydrogen (secondary N) is 1. The van der Waals surface area contributed by atoms with Crippen LogP contribution in [0.4, 0.5) is 10.1 Å². The number of carboxylic acids is 1. The van der Waals surface area contributed by atoms with Crippen molar-refractivity contribution in [2.75, 3.05) is 5.32 Å². The molecule has 0 amide bonds. The maximum absolute atomic E-state index is 13.8. The predicted molar refractivity (Wildman–Crippen MR) is 95.3 cm³/mol. The highest BCUT2D eigenvalue weighted by Gasteiger charge is 2.16. The lowest BCUT2D eigenvalue weighted by molar-refractivity contribution is 0.0698. The molecule has 1 aromatic heterocycles. The maximum atomic E-state index is 13.8. The summed E-state index contributed by atoms with van der Waals surface area (Å²) in [7, 11) is 0. The first-order valence-electron chi connectivity index (χ1n) is 7.30. The fraction of sp³-hybridized carbons (Fsp3) is 0. The summed E-state index contributed by atoms with van der Waals surface area (Å²) >= 11 is 5.22. The zero-order chi connectivity index (χ0) is 18.7. The first-order chi connectivity index (χ1) is 12.5. The van der Waals surface area contributed by atoms with E-state index in [1.54, 1.807) is 18.2 Å². The number of hydrogen-bond acceptors (Lipinski definition) is 5. The van der Waals surface area contributed by atoms with Gasteiger partial charge in [0.2, 0.25) is 0 Å². The van der Waals surface area contributed by atoms with E-state index in [1.807, 2.05) is 6.07 Å². The van der Waals surface area contributed by atoms with E-state index >= 15 is 0 Å². The fourth-order valence-electron chi connectivity index (χ4n) is 2.26. The first-order valence-corrected chi connectivity index (χ1v) is 7.71. The van der Waals surface area contributed by atoms with Crippen molar-refractivity contribution >= 4 is 28.9 Å². The highest BCUT2D eigenvalue weighted by molar-refractivity contribution is 7.81. The zero-order valence-electron chi connectivity index (χ0n) is 13.1. The third kappa shape index (κ3) is 3.43. The Bertz CT molecular complexity index is 1060. The molecule has 0 radical (unpaired) electrons. The Balaban J connectivity index is 1.87. The van der Waals surface area contributed by atoms with Crippen molar-refractivity contribution in [2.45, 2.75) is 0 Å². The summed E-state index contributed by atoms with van der Waals surface area (Å²) in [5.41, 5.74) is 0.765. The standard InChI is InChI=1S/C18H10FN3O3S/c19-13-4-2-1-3-11(13)16-8-15(22-25-16)17(26)21-14-6-5-10(9-20)7-12(14)18(23)24/h1-8H,(H,21,26)(H,23,24). The monoisotopic (exact) mass is 367 g/mol. The first kappa shape index (κ1) is 17.3. The number of halogens is 1. The van der Waals surface area contributed by atoms with Crippen LogP contribution in [0.2, 0.25) is 0 Å². The molecular weight excluding hydrogens is 357 g/mol. The van der Waals surface area contributed by atoms with Crippen LogP contribution in [0.1, 0.15) is 21.6 Å². The van der Waals surface area contributed by atoms with Gasteiger partial charge in [-0.2, -0.15) is 5.26 Å². The summed E-state index contributed by atoms with van der Waals surface area (Å²) in [6, 6.07) is 13.5. The van der Waals surface area contributed by atoms with Gasteiger partial charge in [0, 0.05) is 6.07 Å². The highest BCUT2D eigenvalue weighted by Crippen LogP contribution is 2.24. The van der Waals surface area contributed by atoms with Crippen LogP contribution in [-0.4, -0.2) is 21.2 Å². The average molecular weight is 367 g/mol. The number of carboxylic acid groups (broad SMARTS) is 1. The van der Waals surface area contributed by atoms with E-state index in [9.17, 15) is 14.3 Å². The van der Waals surface area contributed by atoms with E-state index in [2.05, 4.69) is 10.5 Å². The predicted octanol–water partition coefficient (Wildman–Crippen LogP) is 3.84. The Labute approximate surface area is 152 Å². The third-order valence-electron chi connectivity index (χ3n) is 3.51. The molecule has 0 spiro atoms. The molecule has 0 aliphatic heterocycles. The second kappa shape index (κ2) is 7.13. The lowest BCUT2D eigenvalue weighted by Crippen LogP contribution is -2.14. The topological polar surface area (TPSA) is 99.2 Å². The summed E-state index contributed by atoms with van der Waals surface area (Å²) in [6.07, 6.45) is 0. The van der Waals surface area contributed by atoms with Gasteiger partial charge in [0.1, 0.15) is 16.5 Å². The van der Waals surface area contributed by atoms with Gasteiger partial charge >= 0.3 is 5.97 Å². The van der Waals surface area contributed by atoms with Crippen molar-refractivity contribution in [3.05, 3.63) is 71.2 Å². The SMILES string of the molecule is N#Cc1ccc(NC(=S)c2cc(-c3ccccc3F)on2)c(C(=O)O)c1. The van der Waals surface area contributed by atoms with Crippen molar-refractivity contribution in [1.82, 2.24) is 5.16 Å². The molecule has 6 nitrogen and oxygen atoms in total. The molecular formula is C18H10FN3O3S. The minimum atomic E-state index is -1.21. The van der Waals surface area contributed by atoms with Crippen molar-refractivity contribution < 1.29 is 18.8 Å². The Morgan fingerprint density at radius 2 is 2.04 bits per heavy atom. The molecule has 2 aromatic carbocycles. The van der Waals surface area contributed by atoms with Gasteiger partial charge in [-0.25, -0.2) is 9.18 Å². The molecule has 0 fully saturated rings. The maximum Gasteiger partial charge on any atom is 0.337 e. The third-order valence-corrected chi connectivity index (χ3v) is 3.82. The number of benzene rings is 2. The molecule has 3 aromatic rings. The molecule has 128 valence electrons. The van der Waals surface area contributed by atoms with E-state index in [1.165, 1.54) is 30.3 Å². The normalized spacial score (nSPS) is 10.2. The fourth-order valence-corrected chi connectivity index (χ4v) is 2.46. The van der Waals surface area contributed by atoms with Gasteiger partial charge in [-0.3, -0.25) is 0 Å². The summed E-state index contributed by atoms with van der Waals surface area (Å²) < 4.78 is 18.9. The number of nitriles is 1. The van der Waals surface area contributed by atoms with Crippen LogP contribution in [-0.2, 0) is 0 Å². The smallest absolute Gasteiger partial charge is 0.337 e. The molecule has 1 heterocycles. The van der Waals surface area contributed by atoms with Gasteiger partial charge in [0.05, 0.1) is 28.4 Å². The molecule has 0 saturated carbocycles. The van der Waals surface area contributed by atoms with Gasteiger partial charge in [-0.05, 0) is 30.3 Å². The molecule has 0 aliphatic rings. The van der Waals surface area contributed by atoms with Gasteiger partial charge in [-0.1, -0.05) is 29.5 Å². The quantitative estimate of drug-likeness (QED) is 0.676. The van der Waals surface area contributed by atoms with Crippen molar-refractivity contribution in [1.29, 1.82) is 5.26 Å². The molecule has 2 N–H and O–H groups in total. The van der Waals surface area contributed by atoms with Crippen LogP contribution in [0.5, 0.6) is 0 Å². The highest BCUT2D eigenvalue weighted by atomic mass is 32.1. The molecule has 0 saturated heterocycles. The molecule has 3 rings (SSSR count). The van der Waals surface area contributed by atoms with E-state index in [-0.39, 0.29) is 38.8 Å². The van der Waals surface area contributed by atoms with E-state index in [0.717, 1.165) is 0 Å². The van der Waals surface area contributed by atoms with Crippen LogP contribution in [0.25, 0.3) is 11.3 Å². The minimum Gasteiger partial charge on any atom is -0.478 e. The van der Waals surface area contributed by atoms with Crippen molar-refractivity contribution in [3.8, 4) is 17.4 Å². The van der Waals surface area contributed by atoms with Crippen LogP contribution in [0, 0.1) is 17.1 Å². The van der Waals surface area contributed by atoms with Crippen LogP contribution >= 0.6 is 12.2 Å². The number of nitrogens with zero attached hydrogens (tertiary/aromatic N) is 2. The van der Waals surface area contributed by atoms with Crippen LogP contribution in [0.3, 0.4) is 0 Å². The number of thiocarbonyl (C=S) groups is 1. The lowest BCUT2D eigenvalue weighted by atomic mass is 10.1. The molecule has 0 unspecified atom stereocenters. The van der Waals surface area contributed by atoms with E-state index in [4.69, 9.17) is 22.0 Å². The molecule has 26 heavy (non-hydrogen) atoms. The van der Waals surface area contributed by atoms with E-state index < -0.39 is 11.8 Å². The average Bonchev–Trinajstić information content (AvgIpc) is 3.12. The van der Waals surface area contributed by atoms with Crippen LogP contribution < -0.4 is 5.32 Å². The Morgan fingerprint density at radius 1 is 1.27 bits per heavy atom. The second-order valence-electron chi connectivity index (χ2n) is 5.19.